The lowest BCUT2D eigenvalue weighted by molar-refractivity contribution is 0.102. The zero-order valence-corrected chi connectivity index (χ0v) is 14.2. The minimum atomic E-state index is -0.126. The Balaban J connectivity index is 1.64. The predicted octanol–water partition coefficient (Wildman–Crippen LogP) is 4.64. The summed E-state index contributed by atoms with van der Waals surface area (Å²) in [4.78, 5) is 16.7. The molecule has 4 nitrogen and oxygen atoms in total. The fourth-order valence-electron chi connectivity index (χ4n) is 3.15. The van der Waals surface area contributed by atoms with E-state index in [0.29, 0.717) is 11.6 Å². The topological polar surface area (TPSA) is 54.0 Å². The van der Waals surface area contributed by atoms with E-state index in [4.69, 9.17) is 0 Å². The fraction of sp³-hybridized carbons (Fsp3) is 0.400. The van der Waals surface area contributed by atoms with Gasteiger partial charge < -0.3 is 10.6 Å². The van der Waals surface area contributed by atoms with Crippen LogP contribution in [0.5, 0.6) is 0 Å². The van der Waals surface area contributed by atoms with Crippen LogP contribution < -0.4 is 10.6 Å². The first-order chi connectivity index (χ1) is 11.7. The van der Waals surface area contributed by atoms with Crippen LogP contribution in [0.25, 0.3) is 0 Å². The number of aromatic nitrogens is 1. The molecular weight excluding hydrogens is 298 g/mol. The molecule has 126 valence electrons. The number of rotatable bonds is 5. The van der Waals surface area contributed by atoms with Gasteiger partial charge in [0.25, 0.3) is 5.91 Å². The lowest BCUT2D eigenvalue weighted by atomic mass is 9.95. The number of benzene rings is 1. The highest BCUT2D eigenvalue weighted by Crippen LogP contribution is 2.22. The number of hydrogen-bond donors (Lipinski definition) is 2. The lowest BCUT2D eigenvalue weighted by Crippen LogP contribution is -2.22. The van der Waals surface area contributed by atoms with Gasteiger partial charge in [0.15, 0.2) is 0 Å². The third-order valence-electron chi connectivity index (χ3n) is 4.60. The average molecular weight is 323 g/mol. The monoisotopic (exact) mass is 323 g/mol. The minimum Gasteiger partial charge on any atom is -0.381 e. The molecule has 1 aliphatic carbocycles. The zero-order chi connectivity index (χ0) is 16.8. The number of carbonyl (C=O) groups excluding carboxylic acids is 1. The largest absolute Gasteiger partial charge is 0.381 e. The van der Waals surface area contributed by atoms with Crippen molar-refractivity contribution in [3.05, 3.63) is 53.9 Å². The van der Waals surface area contributed by atoms with Crippen LogP contribution in [0.4, 0.5) is 11.4 Å². The van der Waals surface area contributed by atoms with Gasteiger partial charge in [-0.1, -0.05) is 38.3 Å². The molecule has 2 N–H and O–H groups in total. The molecule has 0 saturated heterocycles. The summed E-state index contributed by atoms with van der Waals surface area (Å²) in [5.41, 5.74) is 3.57. The molecule has 0 bridgehead atoms. The summed E-state index contributed by atoms with van der Waals surface area (Å²) in [5.74, 6) is -0.126. The van der Waals surface area contributed by atoms with E-state index in [0.717, 1.165) is 17.8 Å². The number of nitrogens with one attached hydrogen (secondary N) is 2. The maximum atomic E-state index is 12.4. The van der Waals surface area contributed by atoms with E-state index in [-0.39, 0.29) is 5.91 Å². The number of amides is 1. The predicted molar refractivity (Wildman–Crippen MR) is 98.5 cm³/mol. The molecule has 4 heteroatoms. The first kappa shape index (κ1) is 16.5. The number of pyridine rings is 1. The second-order valence-corrected chi connectivity index (χ2v) is 6.45. The number of nitrogens with zero attached hydrogens (tertiary/aromatic N) is 1. The number of carbonyl (C=O) groups is 1. The van der Waals surface area contributed by atoms with Gasteiger partial charge in [-0.25, -0.2) is 0 Å². The van der Waals surface area contributed by atoms with Crippen LogP contribution in [0.2, 0.25) is 0 Å². The summed E-state index contributed by atoms with van der Waals surface area (Å²) in [5, 5.41) is 6.45. The van der Waals surface area contributed by atoms with E-state index >= 15 is 0 Å². The highest BCUT2D eigenvalue weighted by Gasteiger charge is 2.14. The highest BCUT2D eigenvalue weighted by molar-refractivity contribution is 6.04. The Bertz CT molecular complexity index is 676. The van der Waals surface area contributed by atoms with Gasteiger partial charge in [0.2, 0.25) is 0 Å². The van der Waals surface area contributed by atoms with Gasteiger partial charge in [0.05, 0.1) is 11.3 Å². The van der Waals surface area contributed by atoms with Crippen molar-refractivity contribution in [2.75, 3.05) is 10.6 Å². The Morgan fingerprint density at radius 3 is 2.54 bits per heavy atom. The van der Waals surface area contributed by atoms with Crippen LogP contribution in [-0.4, -0.2) is 16.9 Å². The van der Waals surface area contributed by atoms with Gasteiger partial charge in [0.1, 0.15) is 0 Å². The van der Waals surface area contributed by atoms with Crippen LogP contribution in [0.1, 0.15) is 54.9 Å². The molecule has 1 aromatic heterocycles. The Morgan fingerprint density at radius 1 is 1.08 bits per heavy atom. The van der Waals surface area contributed by atoms with E-state index in [1.54, 1.807) is 12.4 Å². The minimum absolute atomic E-state index is 0.126. The van der Waals surface area contributed by atoms with Crippen molar-refractivity contribution in [2.24, 2.45) is 0 Å². The lowest BCUT2D eigenvalue weighted by Gasteiger charge is -2.23. The molecular formula is C20H25N3O. The Kier molecular flexibility index (Phi) is 5.47. The third-order valence-corrected chi connectivity index (χ3v) is 4.60. The molecule has 1 saturated carbocycles. The van der Waals surface area contributed by atoms with Crippen molar-refractivity contribution in [3.8, 4) is 0 Å². The Morgan fingerprint density at radius 2 is 1.83 bits per heavy atom. The van der Waals surface area contributed by atoms with Crippen LogP contribution in [0.3, 0.4) is 0 Å². The standard InChI is InChI=1S/C20H25N3O/c1-2-15-8-10-18(11-9-15)23-20(24)16-12-19(14-21-13-16)22-17-6-4-3-5-7-17/h8-14,17,22H,2-7H2,1H3,(H,23,24). The van der Waals surface area contributed by atoms with E-state index in [2.05, 4.69) is 22.5 Å². The molecule has 0 atom stereocenters. The van der Waals surface area contributed by atoms with Gasteiger partial charge in [-0.05, 0) is 43.0 Å². The normalized spacial score (nSPS) is 15.0. The van der Waals surface area contributed by atoms with Gasteiger partial charge in [-0.2, -0.15) is 0 Å². The van der Waals surface area contributed by atoms with Gasteiger partial charge in [-0.15, -0.1) is 0 Å². The molecule has 0 spiro atoms. The number of aryl methyl sites for hydroxylation is 1. The zero-order valence-electron chi connectivity index (χ0n) is 14.2. The summed E-state index contributed by atoms with van der Waals surface area (Å²) in [7, 11) is 0. The Hall–Kier alpha value is -2.36. The van der Waals surface area contributed by atoms with E-state index in [1.165, 1.54) is 37.7 Å². The first-order valence-electron chi connectivity index (χ1n) is 8.86. The van der Waals surface area contributed by atoms with Crippen molar-refractivity contribution < 1.29 is 4.79 Å². The average Bonchev–Trinajstić information content (AvgIpc) is 2.63. The molecule has 0 radical (unpaired) electrons. The van der Waals surface area contributed by atoms with Gasteiger partial charge >= 0.3 is 0 Å². The molecule has 3 rings (SSSR count). The first-order valence-corrected chi connectivity index (χ1v) is 8.86. The van der Waals surface area contributed by atoms with Crippen molar-refractivity contribution in [2.45, 2.75) is 51.5 Å². The number of hydrogen-bond acceptors (Lipinski definition) is 3. The van der Waals surface area contributed by atoms with Gasteiger partial charge in [-0.3, -0.25) is 9.78 Å². The smallest absolute Gasteiger partial charge is 0.257 e. The molecule has 1 heterocycles. The fourth-order valence-corrected chi connectivity index (χ4v) is 3.15. The van der Waals surface area contributed by atoms with Crippen LogP contribution in [0.15, 0.2) is 42.7 Å². The summed E-state index contributed by atoms with van der Waals surface area (Å²) in [6.45, 7) is 2.12. The second-order valence-electron chi connectivity index (χ2n) is 6.45. The SMILES string of the molecule is CCc1ccc(NC(=O)c2cncc(NC3CCCCC3)c2)cc1. The molecule has 1 aliphatic rings. The number of anilines is 2. The Labute approximate surface area is 143 Å². The quantitative estimate of drug-likeness (QED) is 0.842. The summed E-state index contributed by atoms with van der Waals surface area (Å²) in [6, 6.07) is 10.3. The third kappa shape index (κ3) is 4.34. The molecule has 0 aliphatic heterocycles. The second kappa shape index (κ2) is 7.95. The van der Waals surface area contributed by atoms with E-state index in [1.807, 2.05) is 30.3 Å². The van der Waals surface area contributed by atoms with Crippen molar-refractivity contribution in [1.29, 1.82) is 0 Å². The summed E-state index contributed by atoms with van der Waals surface area (Å²) in [6.07, 6.45) is 10.7. The summed E-state index contributed by atoms with van der Waals surface area (Å²) < 4.78 is 0. The van der Waals surface area contributed by atoms with Crippen LogP contribution in [0, 0.1) is 0 Å². The molecule has 0 unspecified atom stereocenters. The van der Waals surface area contributed by atoms with Crippen molar-refractivity contribution in [3.63, 3.8) is 0 Å². The molecule has 24 heavy (non-hydrogen) atoms. The molecule has 1 aromatic carbocycles. The highest BCUT2D eigenvalue weighted by atomic mass is 16.1. The maximum Gasteiger partial charge on any atom is 0.257 e. The molecule has 2 aromatic rings. The van der Waals surface area contributed by atoms with Gasteiger partial charge in [0, 0.05) is 24.1 Å². The summed E-state index contributed by atoms with van der Waals surface area (Å²) >= 11 is 0. The van der Waals surface area contributed by atoms with Crippen LogP contribution in [-0.2, 0) is 6.42 Å². The van der Waals surface area contributed by atoms with E-state index in [9.17, 15) is 4.79 Å². The van der Waals surface area contributed by atoms with Crippen molar-refractivity contribution >= 4 is 17.3 Å². The molecule has 1 amide bonds. The maximum absolute atomic E-state index is 12.4. The van der Waals surface area contributed by atoms with E-state index < -0.39 is 0 Å². The van der Waals surface area contributed by atoms with Crippen molar-refractivity contribution in [1.82, 2.24) is 4.98 Å². The molecule has 1 fully saturated rings. The van der Waals surface area contributed by atoms with Crippen LogP contribution >= 0.6 is 0 Å².